The lowest BCUT2D eigenvalue weighted by Gasteiger charge is -2.19. The van der Waals surface area contributed by atoms with E-state index in [0.717, 1.165) is 5.56 Å². The summed E-state index contributed by atoms with van der Waals surface area (Å²) < 4.78 is 0. The first-order chi connectivity index (χ1) is 6.91. The van der Waals surface area contributed by atoms with Crippen molar-refractivity contribution < 1.29 is 9.90 Å². The number of hydrogen-bond donors (Lipinski definition) is 1. The maximum absolute atomic E-state index is 11.7. The van der Waals surface area contributed by atoms with Gasteiger partial charge in [0.2, 0.25) is 0 Å². The van der Waals surface area contributed by atoms with Gasteiger partial charge in [0.25, 0.3) is 0 Å². The van der Waals surface area contributed by atoms with Gasteiger partial charge in [0, 0.05) is 11.8 Å². The summed E-state index contributed by atoms with van der Waals surface area (Å²) in [6.07, 6.45) is -0.494. The molecule has 0 aromatic heterocycles. The normalized spacial score (nSPS) is 13.6. The molecular formula is C13H18O2. The summed E-state index contributed by atoms with van der Waals surface area (Å²) >= 11 is 0. The van der Waals surface area contributed by atoms with E-state index < -0.39 is 6.10 Å². The standard InChI is InChI=1S/C13H18O2/c1-13(2,3)12(15)9-11(14)10-7-5-4-6-8-10/h4-8,11,14H,9H2,1-3H3/t11-/m1/s1. The molecule has 0 unspecified atom stereocenters. The maximum atomic E-state index is 11.7. The molecule has 0 aliphatic heterocycles. The Kier molecular flexibility index (Phi) is 3.64. The van der Waals surface area contributed by atoms with Gasteiger partial charge in [-0.1, -0.05) is 51.1 Å². The first-order valence-electron chi connectivity index (χ1n) is 5.17. The largest absolute Gasteiger partial charge is 0.388 e. The number of hydrogen-bond acceptors (Lipinski definition) is 2. The zero-order chi connectivity index (χ0) is 11.5. The average Bonchev–Trinajstić information content (AvgIpc) is 2.17. The zero-order valence-corrected chi connectivity index (χ0v) is 9.53. The van der Waals surface area contributed by atoms with E-state index in [1.807, 2.05) is 51.1 Å². The van der Waals surface area contributed by atoms with Crippen LogP contribution in [0.4, 0.5) is 0 Å². The molecule has 1 aromatic carbocycles. The molecule has 0 bridgehead atoms. The molecule has 1 N–H and O–H groups in total. The van der Waals surface area contributed by atoms with Crippen LogP contribution in [0, 0.1) is 5.41 Å². The topological polar surface area (TPSA) is 37.3 Å². The lowest BCUT2D eigenvalue weighted by atomic mass is 9.86. The van der Waals surface area contributed by atoms with Gasteiger partial charge in [0.05, 0.1) is 6.10 Å². The lowest BCUT2D eigenvalue weighted by Crippen LogP contribution is -2.22. The number of Topliss-reactive ketones (excluding diaryl/α,β-unsaturated/α-hetero) is 1. The third-order valence-corrected chi connectivity index (χ3v) is 2.40. The summed E-state index contributed by atoms with van der Waals surface area (Å²) in [6, 6.07) is 9.28. The first kappa shape index (κ1) is 11.9. The van der Waals surface area contributed by atoms with Crippen LogP contribution >= 0.6 is 0 Å². The minimum atomic E-state index is -0.682. The second-order valence-corrected chi connectivity index (χ2v) is 4.80. The van der Waals surface area contributed by atoms with E-state index in [4.69, 9.17) is 0 Å². The molecule has 2 heteroatoms. The Morgan fingerprint density at radius 3 is 2.27 bits per heavy atom. The van der Waals surface area contributed by atoms with Crippen molar-refractivity contribution in [3.63, 3.8) is 0 Å². The zero-order valence-electron chi connectivity index (χ0n) is 9.53. The van der Waals surface area contributed by atoms with Crippen molar-refractivity contribution in [2.75, 3.05) is 0 Å². The quantitative estimate of drug-likeness (QED) is 0.825. The first-order valence-corrected chi connectivity index (χ1v) is 5.17. The predicted octanol–water partition coefficient (Wildman–Crippen LogP) is 2.73. The van der Waals surface area contributed by atoms with Crippen LogP contribution in [0.2, 0.25) is 0 Å². The van der Waals surface area contributed by atoms with Crippen molar-refractivity contribution >= 4 is 5.78 Å². The Balaban J connectivity index is 2.65. The molecule has 0 fully saturated rings. The Hall–Kier alpha value is -1.15. The highest BCUT2D eigenvalue weighted by molar-refractivity contribution is 5.84. The lowest BCUT2D eigenvalue weighted by molar-refractivity contribution is -0.128. The number of carbonyl (C=O) groups excluding carboxylic acids is 1. The number of aliphatic hydroxyl groups is 1. The van der Waals surface area contributed by atoms with E-state index in [1.54, 1.807) is 0 Å². The molecular weight excluding hydrogens is 188 g/mol. The predicted molar refractivity (Wildman–Crippen MR) is 60.5 cm³/mol. The van der Waals surface area contributed by atoms with E-state index >= 15 is 0 Å². The highest BCUT2D eigenvalue weighted by atomic mass is 16.3. The minimum Gasteiger partial charge on any atom is -0.388 e. The van der Waals surface area contributed by atoms with Gasteiger partial charge in [-0.25, -0.2) is 0 Å². The monoisotopic (exact) mass is 206 g/mol. The molecule has 0 spiro atoms. The van der Waals surface area contributed by atoms with Crippen molar-refractivity contribution in [1.82, 2.24) is 0 Å². The SMILES string of the molecule is CC(C)(C)C(=O)C[C@@H](O)c1ccccc1. The summed E-state index contributed by atoms with van der Waals surface area (Å²) in [7, 11) is 0. The molecule has 0 amide bonds. The van der Waals surface area contributed by atoms with Gasteiger partial charge < -0.3 is 5.11 Å². The fourth-order valence-corrected chi connectivity index (χ4v) is 1.27. The number of benzene rings is 1. The summed E-state index contributed by atoms with van der Waals surface area (Å²) in [5.74, 6) is 0.0823. The van der Waals surface area contributed by atoms with Crippen molar-refractivity contribution in [2.24, 2.45) is 5.41 Å². The van der Waals surface area contributed by atoms with Gasteiger partial charge in [-0.05, 0) is 5.56 Å². The van der Waals surface area contributed by atoms with Crippen LogP contribution in [-0.2, 0) is 4.79 Å². The number of ketones is 1. The molecule has 1 rings (SSSR count). The molecule has 0 radical (unpaired) electrons. The summed E-state index contributed by atoms with van der Waals surface area (Å²) in [5, 5.41) is 9.83. The summed E-state index contributed by atoms with van der Waals surface area (Å²) in [4.78, 5) is 11.7. The Morgan fingerprint density at radius 2 is 1.80 bits per heavy atom. The average molecular weight is 206 g/mol. The number of aliphatic hydroxyl groups excluding tert-OH is 1. The molecule has 15 heavy (non-hydrogen) atoms. The van der Waals surface area contributed by atoms with E-state index in [-0.39, 0.29) is 17.6 Å². The fourth-order valence-electron chi connectivity index (χ4n) is 1.27. The molecule has 0 saturated carbocycles. The van der Waals surface area contributed by atoms with Gasteiger partial charge in [-0.3, -0.25) is 4.79 Å². The Labute approximate surface area is 90.9 Å². The third kappa shape index (κ3) is 3.48. The molecule has 1 aromatic rings. The van der Waals surface area contributed by atoms with Crippen LogP contribution in [0.1, 0.15) is 38.9 Å². The summed E-state index contributed by atoms with van der Waals surface area (Å²) in [5.41, 5.74) is 0.422. The van der Waals surface area contributed by atoms with Gasteiger partial charge in [0.15, 0.2) is 0 Å². The van der Waals surface area contributed by atoms with E-state index in [0.29, 0.717) is 0 Å². The molecule has 1 atom stereocenters. The molecule has 0 saturated heterocycles. The molecule has 2 nitrogen and oxygen atoms in total. The highest BCUT2D eigenvalue weighted by Gasteiger charge is 2.24. The second kappa shape index (κ2) is 4.58. The maximum Gasteiger partial charge on any atom is 0.141 e. The Morgan fingerprint density at radius 1 is 1.27 bits per heavy atom. The Bertz CT molecular complexity index is 322. The van der Waals surface area contributed by atoms with Crippen molar-refractivity contribution in [3.05, 3.63) is 35.9 Å². The van der Waals surface area contributed by atoms with Crippen LogP contribution in [0.3, 0.4) is 0 Å². The molecule has 0 aliphatic rings. The van der Waals surface area contributed by atoms with Gasteiger partial charge in [-0.15, -0.1) is 0 Å². The molecule has 0 aliphatic carbocycles. The summed E-state index contributed by atoms with van der Waals surface area (Å²) in [6.45, 7) is 5.60. The fraction of sp³-hybridized carbons (Fsp3) is 0.462. The molecule has 82 valence electrons. The smallest absolute Gasteiger partial charge is 0.141 e. The van der Waals surface area contributed by atoms with Gasteiger partial charge in [-0.2, -0.15) is 0 Å². The van der Waals surface area contributed by atoms with Crippen molar-refractivity contribution in [3.8, 4) is 0 Å². The van der Waals surface area contributed by atoms with E-state index in [2.05, 4.69) is 0 Å². The third-order valence-electron chi connectivity index (χ3n) is 2.40. The second-order valence-electron chi connectivity index (χ2n) is 4.80. The number of rotatable bonds is 3. The number of carbonyl (C=O) groups is 1. The van der Waals surface area contributed by atoms with Crippen LogP contribution in [0.15, 0.2) is 30.3 Å². The van der Waals surface area contributed by atoms with E-state index in [9.17, 15) is 9.90 Å². The van der Waals surface area contributed by atoms with Crippen LogP contribution in [-0.4, -0.2) is 10.9 Å². The van der Waals surface area contributed by atoms with Crippen molar-refractivity contribution in [2.45, 2.75) is 33.3 Å². The van der Waals surface area contributed by atoms with Gasteiger partial charge >= 0.3 is 0 Å². The van der Waals surface area contributed by atoms with Crippen LogP contribution < -0.4 is 0 Å². The highest BCUT2D eigenvalue weighted by Crippen LogP contribution is 2.23. The minimum absolute atomic E-state index is 0.0823. The van der Waals surface area contributed by atoms with Gasteiger partial charge in [0.1, 0.15) is 5.78 Å². The van der Waals surface area contributed by atoms with Crippen LogP contribution in [0.25, 0.3) is 0 Å². The van der Waals surface area contributed by atoms with Crippen LogP contribution in [0.5, 0.6) is 0 Å². The van der Waals surface area contributed by atoms with E-state index in [1.165, 1.54) is 0 Å². The molecule has 0 heterocycles. The van der Waals surface area contributed by atoms with Crippen molar-refractivity contribution in [1.29, 1.82) is 0 Å².